The first-order valence-corrected chi connectivity index (χ1v) is 21.1. The van der Waals surface area contributed by atoms with E-state index in [1.165, 1.54) is 77.9 Å². The van der Waals surface area contributed by atoms with Gasteiger partial charge in [0.05, 0.1) is 33.4 Å². The summed E-state index contributed by atoms with van der Waals surface area (Å²) in [6.45, 7) is 34.7. The van der Waals surface area contributed by atoms with Gasteiger partial charge in [0.2, 0.25) is 0 Å². The molecule has 3 aliphatic heterocycles. The molecule has 0 atom stereocenters. The van der Waals surface area contributed by atoms with Crippen molar-refractivity contribution in [1.29, 1.82) is 0 Å². The van der Waals surface area contributed by atoms with Gasteiger partial charge in [-0.05, 0) is 116 Å². The molecule has 0 amide bonds. The zero-order valence-electron chi connectivity index (χ0n) is 35.3. The van der Waals surface area contributed by atoms with Gasteiger partial charge in [0.1, 0.15) is 11.5 Å². The second-order valence-electron chi connectivity index (χ2n) is 21.0. The topological polar surface area (TPSA) is 15.7 Å². The third kappa shape index (κ3) is 5.89. The Bertz CT molecular complexity index is 2160. The van der Waals surface area contributed by atoms with Crippen LogP contribution in [0.15, 0.2) is 84.9 Å². The van der Waals surface area contributed by atoms with Crippen molar-refractivity contribution in [3.63, 3.8) is 0 Å². The highest BCUT2D eigenvalue weighted by atomic mass is 31.1. The van der Waals surface area contributed by atoms with Crippen LogP contribution >= 0.6 is 7.92 Å². The fourth-order valence-electron chi connectivity index (χ4n) is 8.10. The zero-order chi connectivity index (χ0) is 39.1. The smallest absolute Gasteiger partial charge is 0.138 e. The third-order valence-electron chi connectivity index (χ3n) is 11.6. The Morgan fingerprint density at radius 3 is 0.926 bits per heavy atom. The van der Waals surface area contributed by atoms with Gasteiger partial charge in [-0.2, -0.15) is 0 Å². The summed E-state index contributed by atoms with van der Waals surface area (Å²) in [6, 6.07) is 33.3. The zero-order valence-corrected chi connectivity index (χ0v) is 36.2. The molecule has 0 bridgehead atoms. The van der Waals surface area contributed by atoms with Crippen molar-refractivity contribution in [3.05, 3.63) is 113 Å². The van der Waals surface area contributed by atoms with Crippen molar-refractivity contribution < 1.29 is 4.74 Å². The van der Waals surface area contributed by atoms with Crippen molar-refractivity contribution >= 4 is 58.0 Å². The van der Waals surface area contributed by atoms with Crippen LogP contribution in [0, 0.1) is 0 Å². The molecule has 4 heteroatoms. The number of hydrogen-bond acceptors (Lipinski definition) is 3. The lowest BCUT2D eigenvalue weighted by Gasteiger charge is -2.48. The molecule has 8 rings (SSSR count). The molecule has 0 aromatic heterocycles. The first-order valence-electron chi connectivity index (χ1n) is 19.8. The number of nitrogens with zero attached hydrogens (tertiary/aromatic N) is 2. The van der Waals surface area contributed by atoms with Gasteiger partial charge >= 0.3 is 0 Å². The first kappa shape index (κ1) is 36.9. The Balaban J connectivity index is 1.52. The van der Waals surface area contributed by atoms with Gasteiger partial charge in [0, 0.05) is 24.6 Å². The van der Waals surface area contributed by atoms with E-state index in [9.17, 15) is 0 Å². The SMILES string of the molecule is CC(C)(C)c1ccc(N2c3cc(C(C)(C)C)cc4c3P3c5c(cc(C(C)(C)C)cc5N(c5ccc(C(C)(C)C)cc5)c5cc(C(C)(C)C)cc2c53)O4)cc1. The Labute approximate surface area is 326 Å². The second kappa shape index (κ2) is 11.7. The third-order valence-corrected chi connectivity index (χ3v) is 14.3. The minimum Gasteiger partial charge on any atom is -0.456 e. The van der Waals surface area contributed by atoms with Crippen molar-refractivity contribution in [2.24, 2.45) is 0 Å². The van der Waals surface area contributed by atoms with E-state index in [4.69, 9.17) is 4.74 Å². The van der Waals surface area contributed by atoms with Gasteiger partial charge in [-0.25, -0.2) is 0 Å². The normalized spacial score (nSPS) is 15.3. The van der Waals surface area contributed by atoms with Crippen LogP contribution in [0.1, 0.15) is 132 Å². The van der Waals surface area contributed by atoms with Gasteiger partial charge in [-0.1, -0.05) is 128 Å². The largest absolute Gasteiger partial charge is 0.456 e. The quantitative estimate of drug-likeness (QED) is 0.165. The van der Waals surface area contributed by atoms with Crippen LogP contribution in [0.4, 0.5) is 34.1 Å². The van der Waals surface area contributed by atoms with Crippen LogP contribution in [-0.2, 0) is 27.1 Å². The molecule has 0 unspecified atom stereocenters. The fourth-order valence-corrected chi connectivity index (χ4v) is 11.0. The monoisotopic (exact) mass is 734 g/mol. The summed E-state index contributed by atoms with van der Waals surface area (Å²) in [6.07, 6.45) is 0. The molecule has 3 heterocycles. The summed E-state index contributed by atoms with van der Waals surface area (Å²) in [5.41, 5.74) is 13.9. The van der Waals surface area contributed by atoms with E-state index in [0.29, 0.717) is 0 Å². The maximum atomic E-state index is 7.26. The summed E-state index contributed by atoms with van der Waals surface area (Å²) in [4.78, 5) is 5.13. The first-order chi connectivity index (χ1) is 24.9. The molecule has 5 aromatic rings. The number of benzene rings is 5. The summed E-state index contributed by atoms with van der Waals surface area (Å²) >= 11 is 0. The van der Waals surface area contributed by atoms with Crippen molar-refractivity contribution in [2.45, 2.75) is 131 Å². The van der Waals surface area contributed by atoms with Gasteiger partial charge in [0.15, 0.2) is 0 Å². The Hall–Kier alpha value is -4.07. The Morgan fingerprint density at radius 1 is 0.352 bits per heavy atom. The van der Waals surface area contributed by atoms with Crippen LogP contribution < -0.4 is 30.5 Å². The molecule has 0 spiro atoms. The molecular weight excluding hydrogens is 676 g/mol. The number of hydrogen-bond donors (Lipinski definition) is 0. The standard InChI is InChI=1S/C50H59N2OP/c1-46(2,3)30-16-20-35(21-17-30)51-37-24-32(48(7,8)9)25-38-43(37)54-44-39(51)26-33(49(10,11)12)28-41(44)53-42-29-34(50(13,14)15)27-40(45(42)54)52(38)36-22-18-31(19-23-36)47(4,5)6/h16-29H,1-15H3. The lowest BCUT2D eigenvalue weighted by atomic mass is 9.84. The van der Waals surface area contributed by atoms with Crippen molar-refractivity contribution in [1.82, 2.24) is 0 Å². The summed E-state index contributed by atoms with van der Waals surface area (Å²) < 4.78 is 7.26. The molecule has 3 aliphatic rings. The molecule has 0 N–H and O–H groups in total. The maximum Gasteiger partial charge on any atom is 0.138 e. The predicted octanol–water partition coefficient (Wildman–Crippen LogP) is 13.6. The van der Waals surface area contributed by atoms with Crippen LogP contribution in [0.5, 0.6) is 11.5 Å². The molecular formula is C50H59N2OP. The summed E-state index contributed by atoms with van der Waals surface area (Å²) in [7, 11) is -0.940. The van der Waals surface area contributed by atoms with E-state index in [1.54, 1.807) is 0 Å². The summed E-state index contributed by atoms with van der Waals surface area (Å²) in [5, 5.41) is 4.07. The van der Waals surface area contributed by atoms with Gasteiger partial charge in [-0.15, -0.1) is 0 Å². The number of rotatable bonds is 2. The van der Waals surface area contributed by atoms with Crippen LogP contribution in [0.3, 0.4) is 0 Å². The molecule has 0 aliphatic carbocycles. The average Bonchev–Trinajstić information content (AvgIpc) is 3.06. The second-order valence-corrected chi connectivity index (χ2v) is 23.0. The number of anilines is 6. The van der Waals surface area contributed by atoms with Gasteiger partial charge in [-0.3, -0.25) is 0 Å². The Kier molecular flexibility index (Phi) is 8.01. The molecule has 0 saturated carbocycles. The highest BCUT2D eigenvalue weighted by molar-refractivity contribution is 7.81. The van der Waals surface area contributed by atoms with Gasteiger partial charge in [0.25, 0.3) is 0 Å². The minimum atomic E-state index is -0.940. The molecule has 280 valence electrons. The van der Waals surface area contributed by atoms with E-state index in [1.807, 2.05) is 0 Å². The molecule has 0 saturated heterocycles. The van der Waals surface area contributed by atoms with Gasteiger partial charge < -0.3 is 14.5 Å². The average molecular weight is 735 g/mol. The lowest BCUT2D eigenvalue weighted by molar-refractivity contribution is 0.480. The number of ether oxygens (including phenoxy) is 1. The summed E-state index contributed by atoms with van der Waals surface area (Å²) in [5.74, 6) is 2.01. The van der Waals surface area contributed by atoms with E-state index >= 15 is 0 Å². The molecule has 0 fully saturated rings. The predicted molar refractivity (Wildman–Crippen MR) is 235 cm³/mol. The van der Waals surface area contributed by atoms with Crippen LogP contribution in [0.25, 0.3) is 0 Å². The highest BCUT2D eigenvalue weighted by Gasteiger charge is 2.48. The minimum absolute atomic E-state index is 0.0638. The lowest BCUT2D eigenvalue weighted by Crippen LogP contribution is -2.44. The molecule has 0 radical (unpaired) electrons. The highest BCUT2D eigenvalue weighted by Crippen LogP contribution is 2.63. The van der Waals surface area contributed by atoms with Crippen molar-refractivity contribution in [3.8, 4) is 11.5 Å². The Morgan fingerprint density at radius 2 is 0.630 bits per heavy atom. The van der Waals surface area contributed by atoms with Crippen molar-refractivity contribution in [2.75, 3.05) is 9.80 Å². The fraction of sp³-hybridized carbons (Fsp3) is 0.400. The van der Waals surface area contributed by atoms with Crippen LogP contribution in [-0.4, -0.2) is 0 Å². The van der Waals surface area contributed by atoms with E-state index < -0.39 is 7.92 Å². The molecule has 3 nitrogen and oxygen atoms in total. The van der Waals surface area contributed by atoms with E-state index in [-0.39, 0.29) is 27.1 Å². The maximum absolute atomic E-state index is 7.26. The molecule has 54 heavy (non-hydrogen) atoms. The van der Waals surface area contributed by atoms with E-state index in [0.717, 1.165) is 11.5 Å². The molecule has 5 aromatic carbocycles. The van der Waals surface area contributed by atoms with E-state index in [2.05, 4.69) is 199 Å². The van der Waals surface area contributed by atoms with Crippen LogP contribution in [0.2, 0.25) is 0 Å².